The van der Waals surface area contributed by atoms with Crippen LogP contribution in [0.5, 0.6) is 11.5 Å². The van der Waals surface area contributed by atoms with Crippen LogP contribution in [0.2, 0.25) is 0 Å². The molecule has 0 atom stereocenters. The van der Waals surface area contributed by atoms with Crippen LogP contribution in [-0.4, -0.2) is 36.4 Å². The Labute approximate surface area is 215 Å². The summed E-state index contributed by atoms with van der Waals surface area (Å²) in [5, 5.41) is 9.13. The second-order valence-corrected chi connectivity index (χ2v) is 10.2. The smallest absolute Gasteiger partial charge is 0.267 e. The van der Waals surface area contributed by atoms with E-state index in [1.807, 2.05) is 36.4 Å². The molecule has 7 nitrogen and oxygen atoms in total. The van der Waals surface area contributed by atoms with Crippen LogP contribution >= 0.6 is 11.8 Å². The summed E-state index contributed by atoms with van der Waals surface area (Å²) in [4.78, 5) is 15.4. The summed E-state index contributed by atoms with van der Waals surface area (Å²) in [6.45, 7) is 6.79. The van der Waals surface area contributed by atoms with Crippen molar-refractivity contribution >= 4 is 35.1 Å². The number of hydrogen-bond donors (Lipinski definition) is 0. The van der Waals surface area contributed by atoms with E-state index in [1.54, 1.807) is 43.7 Å². The van der Waals surface area contributed by atoms with Crippen molar-refractivity contribution in [3.8, 4) is 11.5 Å². The molecule has 2 aromatic carbocycles. The highest BCUT2D eigenvalue weighted by Crippen LogP contribution is 2.35. The zero-order chi connectivity index (χ0) is 25.7. The predicted octanol–water partition coefficient (Wildman–Crippen LogP) is 6.10. The number of furan rings is 1. The predicted molar refractivity (Wildman–Crippen MR) is 145 cm³/mol. The van der Waals surface area contributed by atoms with Crippen LogP contribution in [-0.2, 0) is 16.8 Å². The fourth-order valence-corrected chi connectivity index (χ4v) is 4.52. The monoisotopic (exact) mass is 503 g/mol. The highest BCUT2D eigenvalue weighted by atomic mass is 32.2. The molecule has 0 N–H and O–H groups in total. The van der Waals surface area contributed by atoms with Crippen molar-refractivity contribution in [2.45, 2.75) is 32.7 Å². The number of hydrogen-bond acceptors (Lipinski definition) is 7. The minimum Gasteiger partial charge on any atom is -0.493 e. The minimum absolute atomic E-state index is 0.0831. The maximum absolute atomic E-state index is 13.3. The maximum Gasteiger partial charge on any atom is 0.267 e. The fraction of sp³-hybridized carbons (Fsp3) is 0.250. The molecule has 186 valence electrons. The molecular formula is C28H29N3O4S. The summed E-state index contributed by atoms with van der Waals surface area (Å²) in [5.41, 5.74) is 3.07. The number of amides is 1. The van der Waals surface area contributed by atoms with Gasteiger partial charge in [-0.3, -0.25) is 9.69 Å². The molecule has 8 heteroatoms. The zero-order valence-electron chi connectivity index (χ0n) is 21.0. The number of carbonyl (C=O) groups excluding carboxylic acids is 1. The van der Waals surface area contributed by atoms with E-state index in [4.69, 9.17) is 13.9 Å². The lowest BCUT2D eigenvalue weighted by Crippen LogP contribution is -2.28. The van der Waals surface area contributed by atoms with E-state index in [2.05, 4.69) is 43.1 Å². The Balaban J connectivity index is 1.60. The van der Waals surface area contributed by atoms with Gasteiger partial charge in [-0.05, 0) is 64.2 Å². The van der Waals surface area contributed by atoms with Gasteiger partial charge in [0.25, 0.3) is 5.91 Å². The normalized spacial score (nSPS) is 16.5. The van der Waals surface area contributed by atoms with E-state index in [9.17, 15) is 4.79 Å². The molecule has 0 aliphatic carbocycles. The summed E-state index contributed by atoms with van der Waals surface area (Å²) in [6, 6.07) is 17.3. The van der Waals surface area contributed by atoms with Crippen molar-refractivity contribution in [1.29, 1.82) is 0 Å². The van der Waals surface area contributed by atoms with Crippen molar-refractivity contribution in [3.63, 3.8) is 0 Å². The standard InChI is InChI=1S/C28H29N3O4S/c1-28(2,3)21-11-8-19(9-12-21)17-29-30-27-31(18-22-7-6-14-35-22)26(32)25(36-27)16-20-10-13-23(33-4)24(15-20)34-5/h6-17H,18H2,1-5H3/b25-16-,29-17+,30-27-. The number of carbonyl (C=O) groups is 1. The van der Waals surface area contributed by atoms with Crippen LogP contribution in [0.4, 0.5) is 0 Å². The molecule has 1 aliphatic heterocycles. The van der Waals surface area contributed by atoms with Gasteiger partial charge >= 0.3 is 0 Å². The Bertz CT molecular complexity index is 1300. The van der Waals surface area contributed by atoms with Crippen LogP contribution in [0.25, 0.3) is 6.08 Å². The van der Waals surface area contributed by atoms with Crippen LogP contribution in [0.15, 0.2) is 80.4 Å². The van der Waals surface area contributed by atoms with Crippen molar-refractivity contribution < 1.29 is 18.7 Å². The molecule has 1 aromatic heterocycles. The molecule has 1 fully saturated rings. The van der Waals surface area contributed by atoms with Gasteiger partial charge in [0.05, 0.1) is 38.1 Å². The molecule has 0 saturated carbocycles. The number of nitrogens with zero attached hydrogens (tertiary/aromatic N) is 3. The van der Waals surface area contributed by atoms with Gasteiger partial charge in [0.1, 0.15) is 5.76 Å². The van der Waals surface area contributed by atoms with Crippen molar-refractivity contribution in [2.75, 3.05) is 14.2 Å². The summed E-state index contributed by atoms with van der Waals surface area (Å²) >= 11 is 1.27. The topological polar surface area (TPSA) is 76.6 Å². The third kappa shape index (κ3) is 5.88. The summed E-state index contributed by atoms with van der Waals surface area (Å²) in [7, 11) is 3.16. The van der Waals surface area contributed by atoms with Crippen LogP contribution in [0.1, 0.15) is 43.2 Å². The van der Waals surface area contributed by atoms with Gasteiger partial charge < -0.3 is 13.9 Å². The van der Waals surface area contributed by atoms with Crippen LogP contribution in [0.3, 0.4) is 0 Å². The van der Waals surface area contributed by atoms with Crippen molar-refractivity contribution in [2.24, 2.45) is 10.2 Å². The molecule has 3 aromatic rings. The van der Waals surface area contributed by atoms with Gasteiger partial charge in [-0.25, -0.2) is 0 Å². The summed E-state index contributed by atoms with van der Waals surface area (Å²) in [5.74, 6) is 1.70. The lowest BCUT2D eigenvalue weighted by molar-refractivity contribution is -0.122. The SMILES string of the molecule is COc1ccc(/C=C2\S/C(=N\N=C\c3ccc(C(C)(C)C)cc3)N(Cc3ccco3)C2=O)cc1OC. The minimum atomic E-state index is -0.172. The molecule has 1 saturated heterocycles. The lowest BCUT2D eigenvalue weighted by atomic mass is 9.87. The number of amidine groups is 1. The molecule has 36 heavy (non-hydrogen) atoms. The van der Waals surface area contributed by atoms with E-state index < -0.39 is 0 Å². The second-order valence-electron chi connectivity index (χ2n) is 9.19. The third-order valence-electron chi connectivity index (χ3n) is 5.61. The fourth-order valence-electron chi connectivity index (χ4n) is 3.59. The van der Waals surface area contributed by atoms with E-state index in [0.717, 1.165) is 11.1 Å². The first-order valence-electron chi connectivity index (χ1n) is 11.5. The van der Waals surface area contributed by atoms with Gasteiger partial charge in [0, 0.05) is 0 Å². The van der Waals surface area contributed by atoms with E-state index in [-0.39, 0.29) is 17.9 Å². The average molecular weight is 504 g/mol. The second kappa shape index (κ2) is 10.9. The lowest BCUT2D eigenvalue weighted by Gasteiger charge is -2.18. The van der Waals surface area contributed by atoms with Gasteiger partial charge in [-0.1, -0.05) is 51.1 Å². The molecule has 1 aliphatic rings. The first-order valence-corrected chi connectivity index (χ1v) is 12.3. The Hall–Kier alpha value is -3.78. The molecule has 0 bridgehead atoms. The van der Waals surface area contributed by atoms with Gasteiger partial charge in [-0.15, -0.1) is 5.10 Å². The van der Waals surface area contributed by atoms with E-state index >= 15 is 0 Å². The third-order valence-corrected chi connectivity index (χ3v) is 6.61. The highest BCUT2D eigenvalue weighted by Gasteiger charge is 2.34. The molecule has 0 unspecified atom stereocenters. The quantitative estimate of drug-likeness (QED) is 0.221. The van der Waals surface area contributed by atoms with E-state index in [1.165, 1.54) is 17.3 Å². The molecule has 1 amide bonds. The van der Waals surface area contributed by atoms with Gasteiger partial charge in [0.15, 0.2) is 16.7 Å². The molecular weight excluding hydrogens is 474 g/mol. The number of ether oxygens (including phenoxy) is 2. The Kier molecular flexibility index (Phi) is 7.64. The zero-order valence-corrected chi connectivity index (χ0v) is 21.8. The Morgan fingerprint density at radius 2 is 1.72 bits per heavy atom. The molecule has 4 rings (SSSR count). The van der Waals surface area contributed by atoms with Crippen LogP contribution in [0, 0.1) is 0 Å². The first kappa shape index (κ1) is 25.3. The molecule has 0 spiro atoms. The van der Waals surface area contributed by atoms with E-state index in [0.29, 0.717) is 27.3 Å². The Morgan fingerprint density at radius 1 is 1.00 bits per heavy atom. The summed E-state index contributed by atoms with van der Waals surface area (Å²) in [6.07, 6.45) is 5.08. The van der Waals surface area contributed by atoms with Gasteiger partial charge in [-0.2, -0.15) is 5.10 Å². The number of thioether (sulfide) groups is 1. The molecule has 0 radical (unpaired) electrons. The number of rotatable bonds is 7. The number of methoxy groups -OCH3 is 2. The average Bonchev–Trinajstić information content (AvgIpc) is 3.48. The summed E-state index contributed by atoms with van der Waals surface area (Å²) < 4.78 is 16.2. The maximum atomic E-state index is 13.3. The van der Waals surface area contributed by atoms with Gasteiger partial charge in [0.2, 0.25) is 0 Å². The van der Waals surface area contributed by atoms with Crippen molar-refractivity contribution in [3.05, 3.63) is 88.2 Å². The first-order chi connectivity index (χ1) is 17.3. The largest absolute Gasteiger partial charge is 0.493 e. The Morgan fingerprint density at radius 3 is 2.36 bits per heavy atom. The number of benzene rings is 2. The van der Waals surface area contributed by atoms with Crippen LogP contribution < -0.4 is 9.47 Å². The molecule has 2 heterocycles. The van der Waals surface area contributed by atoms with Crippen molar-refractivity contribution in [1.82, 2.24) is 4.90 Å². The highest BCUT2D eigenvalue weighted by molar-refractivity contribution is 8.18.